The average Bonchev–Trinajstić information content (AvgIpc) is 2.47. The molecule has 0 aromatic carbocycles. The molecule has 1 atom stereocenters. The Morgan fingerprint density at radius 1 is 1.33 bits per heavy atom. The highest BCUT2D eigenvalue weighted by Gasteiger charge is 2.39. The van der Waals surface area contributed by atoms with Crippen molar-refractivity contribution >= 4 is 16.6 Å². The van der Waals surface area contributed by atoms with Crippen LogP contribution in [0.5, 0.6) is 0 Å². The number of hydrogen-bond donors (Lipinski definition) is 0. The molecule has 0 saturated carbocycles. The molecule has 0 amide bonds. The molecular weight excluding hydrogens is 301 g/mol. The van der Waals surface area contributed by atoms with Gasteiger partial charge in [0.2, 0.25) is 0 Å². The molecule has 0 N–H and O–H groups in total. The predicted octanol–water partition coefficient (Wildman–Crippen LogP) is 3.23. The smallest absolute Gasteiger partial charge is 0.354 e. The van der Waals surface area contributed by atoms with Gasteiger partial charge in [-0.15, -0.1) is 0 Å². The Morgan fingerprint density at radius 3 is 2.48 bits per heavy atom. The molecule has 118 valence electrons. The van der Waals surface area contributed by atoms with Crippen LogP contribution in [0, 0.1) is 0 Å². The Bertz CT molecular complexity index is 512. The summed E-state index contributed by atoms with van der Waals surface area (Å²) in [6, 6.07) is 2.45. The SMILES string of the molecule is CCC1(CC)CN(c2ccc(C(F)(F)F)cn2)CCS1=O. The first-order valence-electron chi connectivity index (χ1n) is 6.99. The van der Waals surface area contributed by atoms with Gasteiger partial charge in [0.25, 0.3) is 0 Å². The lowest BCUT2D eigenvalue weighted by Crippen LogP contribution is -2.53. The summed E-state index contributed by atoms with van der Waals surface area (Å²) in [5, 5.41) is 0. The van der Waals surface area contributed by atoms with Gasteiger partial charge in [-0.05, 0) is 25.0 Å². The Kier molecular flexibility index (Phi) is 4.60. The van der Waals surface area contributed by atoms with Crippen LogP contribution in [0.4, 0.5) is 19.0 Å². The molecule has 0 radical (unpaired) electrons. The molecule has 1 aliphatic rings. The van der Waals surface area contributed by atoms with Crippen LogP contribution >= 0.6 is 0 Å². The standard InChI is InChI=1S/C14H19F3N2OS/c1-3-13(4-2)10-19(7-8-21(13)20)12-6-5-11(9-18-12)14(15,16)17/h5-6,9H,3-4,7-8,10H2,1-2H3. The second kappa shape index (κ2) is 5.94. The number of alkyl halides is 3. The van der Waals surface area contributed by atoms with Crippen molar-refractivity contribution in [2.45, 2.75) is 37.6 Å². The van der Waals surface area contributed by atoms with E-state index in [0.717, 1.165) is 25.1 Å². The van der Waals surface area contributed by atoms with Crippen LogP contribution in [0.2, 0.25) is 0 Å². The fourth-order valence-corrected chi connectivity index (χ4v) is 4.40. The predicted molar refractivity (Wildman–Crippen MR) is 77.8 cm³/mol. The molecule has 0 bridgehead atoms. The minimum Gasteiger partial charge on any atom is -0.354 e. The van der Waals surface area contributed by atoms with Gasteiger partial charge in [0, 0.05) is 35.8 Å². The van der Waals surface area contributed by atoms with E-state index in [9.17, 15) is 17.4 Å². The minimum absolute atomic E-state index is 0.289. The number of hydrogen-bond acceptors (Lipinski definition) is 3. The highest BCUT2D eigenvalue weighted by molar-refractivity contribution is 7.86. The van der Waals surface area contributed by atoms with E-state index in [2.05, 4.69) is 4.98 Å². The second-order valence-electron chi connectivity index (χ2n) is 5.26. The maximum atomic E-state index is 12.6. The quantitative estimate of drug-likeness (QED) is 0.857. The molecule has 3 nitrogen and oxygen atoms in total. The number of anilines is 1. The van der Waals surface area contributed by atoms with Crippen LogP contribution in [-0.4, -0.2) is 32.8 Å². The molecular formula is C14H19F3N2OS. The molecule has 7 heteroatoms. The van der Waals surface area contributed by atoms with Gasteiger partial charge >= 0.3 is 6.18 Å². The van der Waals surface area contributed by atoms with E-state index in [-0.39, 0.29) is 4.75 Å². The molecule has 1 aliphatic heterocycles. The summed E-state index contributed by atoms with van der Waals surface area (Å²) < 4.78 is 49.6. The Labute approximate surface area is 125 Å². The van der Waals surface area contributed by atoms with Gasteiger partial charge in [0.05, 0.1) is 10.3 Å². The van der Waals surface area contributed by atoms with Crippen molar-refractivity contribution in [2.75, 3.05) is 23.7 Å². The van der Waals surface area contributed by atoms with Gasteiger partial charge in [-0.25, -0.2) is 4.98 Å². The van der Waals surface area contributed by atoms with Gasteiger partial charge in [0.1, 0.15) is 5.82 Å². The van der Waals surface area contributed by atoms with Crippen molar-refractivity contribution in [3.05, 3.63) is 23.9 Å². The molecule has 1 aromatic heterocycles. The number of pyridine rings is 1. The van der Waals surface area contributed by atoms with E-state index in [4.69, 9.17) is 0 Å². The summed E-state index contributed by atoms with van der Waals surface area (Å²) in [5.41, 5.74) is -0.746. The van der Waals surface area contributed by atoms with E-state index in [1.54, 1.807) is 0 Å². The van der Waals surface area contributed by atoms with E-state index in [1.807, 2.05) is 18.7 Å². The lowest BCUT2D eigenvalue weighted by atomic mass is 10.0. The number of rotatable bonds is 3. The van der Waals surface area contributed by atoms with Crippen molar-refractivity contribution in [1.29, 1.82) is 0 Å². The largest absolute Gasteiger partial charge is 0.417 e. The second-order valence-corrected chi connectivity index (χ2v) is 7.23. The first-order chi connectivity index (χ1) is 9.82. The summed E-state index contributed by atoms with van der Waals surface area (Å²) in [6.45, 7) is 5.15. The number of aromatic nitrogens is 1. The summed E-state index contributed by atoms with van der Waals surface area (Å²) in [7, 11) is -0.899. The lowest BCUT2D eigenvalue weighted by Gasteiger charge is -2.41. The summed E-state index contributed by atoms with van der Waals surface area (Å²) in [6.07, 6.45) is -1.94. The normalized spacial score (nSPS) is 22.3. The third-order valence-corrected chi connectivity index (χ3v) is 6.42. The summed E-state index contributed by atoms with van der Waals surface area (Å²) in [5.74, 6) is 1.05. The van der Waals surface area contributed by atoms with Crippen molar-refractivity contribution in [3.63, 3.8) is 0 Å². The van der Waals surface area contributed by atoms with Gasteiger partial charge < -0.3 is 4.90 Å². The summed E-state index contributed by atoms with van der Waals surface area (Å²) in [4.78, 5) is 5.87. The zero-order chi connectivity index (χ0) is 15.7. The number of halogens is 3. The number of nitrogens with zero attached hydrogens (tertiary/aromatic N) is 2. The Balaban J connectivity index is 2.21. The van der Waals surface area contributed by atoms with Gasteiger partial charge in [0.15, 0.2) is 0 Å². The Hall–Kier alpha value is -1.11. The van der Waals surface area contributed by atoms with Crippen LogP contribution in [-0.2, 0) is 17.0 Å². The minimum atomic E-state index is -4.37. The van der Waals surface area contributed by atoms with Crippen molar-refractivity contribution in [2.24, 2.45) is 0 Å². The van der Waals surface area contributed by atoms with Crippen molar-refractivity contribution < 1.29 is 17.4 Å². The molecule has 1 fully saturated rings. The fourth-order valence-electron chi connectivity index (χ4n) is 2.64. The van der Waals surface area contributed by atoms with Gasteiger partial charge in [-0.1, -0.05) is 13.8 Å². The maximum absolute atomic E-state index is 12.6. The molecule has 21 heavy (non-hydrogen) atoms. The molecule has 2 rings (SSSR count). The van der Waals surface area contributed by atoms with Crippen LogP contribution in [0.3, 0.4) is 0 Å². The highest BCUT2D eigenvalue weighted by Crippen LogP contribution is 2.32. The molecule has 0 spiro atoms. The van der Waals surface area contributed by atoms with E-state index < -0.39 is 22.5 Å². The highest BCUT2D eigenvalue weighted by atomic mass is 32.2. The van der Waals surface area contributed by atoms with E-state index in [0.29, 0.717) is 24.7 Å². The zero-order valence-corrected chi connectivity index (χ0v) is 12.9. The van der Waals surface area contributed by atoms with Crippen LogP contribution in [0.15, 0.2) is 18.3 Å². The molecule has 1 saturated heterocycles. The fraction of sp³-hybridized carbons (Fsp3) is 0.643. The third kappa shape index (κ3) is 3.22. The maximum Gasteiger partial charge on any atom is 0.417 e. The van der Waals surface area contributed by atoms with Crippen molar-refractivity contribution in [1.82, 2.24) is 4.98 Å². The molecule has 0 aliphatic carbocycles. The van der Waals surface area contributed by atoms with E-state index >= 15 is 0 Å². The van der Waals surface area contributed by atoms with Gasteiger partial charge in [-0.2, -0.15) is 13.2 Å². The van der Waals surface area contributed by atoms with Crippen LogP contribution in [0.1, 0.15) is 32.3 Å². The summed E-state index contributed by atoms with van der Waals surface area (Å²) >= 11 is 0. The average molecular weight is 320 g/mol. The van der Waals surface area contributed by atoms with Crippen molar-refractivity contribution in [3.8, 4) is 0 Å². The monoisotopic (exact) mass is 320 g/mol. The third-order valence-electron chi connectivity index (χ3n) is 4.20. The van der Waals surface area contributed by atoms with Gasteiger partial charge in [-0.3, -0.25) is 4.21 Å². The first-order valence-corrected chi connectivity index (χ1v) is 8.31. The Morgan fingerprint density at radius 2 is 2.00 bits per heavy atom. The first kappa shape index (κ1) is 16.3. The molecule has 1 unspecified atom stereocenters. The lowest BCUT2D eigenvalue weighted by molar-refractivity contribution is -0.137. The molecule has 1 aromatic rings. The zero-order valence-electron chi connectivity index (χ0n) is 12.1. The van der Waals surface area contributed by atoms with E-state index in [1.165, 1.54) is 6.07 Å². The topological polar surface area (TPSA) is 33.2 Å². The van der Waals surface area contributed by atoms with Crippen LogP contribution < -0.4 is 4.90 Å². The molecule has 2 heterocycles. The van der Waals surface area contributed by atoms with Crippen LogP contribution in [0.25, 0.3) is 0 Å².